The number of rotatable bonds is 7. The first-order valence-corrected chi connectivity index (χ1v) is 10.3. The van der Waals surface area contributed by atoms with Gasteiger partial charge in [0.25, 0.3) is 5.91 Å². The fourth-order valence-corrected chi connectivity index (χ4v) is 4.32. The lowest BCUT2D eigenvalue weighted by molar-refractivity contribution is -0.145. The van der Waals surface area contributed by atoms with Gasteiger partial charge in [0, 0.05) is 11.6 Å². The molecule has 0 bridgehead atoms. The Labute approximate surface area is 178 Å². The second-order valence-corrected chi connectivity index (χ2v) is 8.64. The highest BCUT2D eigenvalue weighted by Gasteiger charge is 2.40. The maximum Gasteiger partial charge on any atom is 0.326 e. The van der Waals surface area contributed by atoms with E-state index in [0.29, 0.717) is 22.8 Å². The quantitative estimate of drug-likeness (QED) is 0.505. The van der Waals surface area contributed by atoms with Crippen molar-refractivity contribution in [2.45, 2.75) is 26.3 Å². The van der Waals surface area contributed by atoms with Crippen LogP contribution >= 0.6 is 24.0 Å². The van der Waals surface area contributed by atoms with E-state index in [1.165, 1.54) is 4.90 Å². The minimum absolute atomic E-state index is 0.113. The van der Waals surface area contributed by atoms with Gasteiger partial charge in [0.05, 0.1) is 12.0 Å². The van der Waals surface area contributed by atoms with E-state index in [-0.39, 0.29) is 10.2 Å². The van der Waals surface area contributed by atoms with Gasteiger partial charge >= 0.3 is 5.97 Å². The molecule has 1 saturated heterocycles. The lowest BCUT2D eigenvalue weighted by Gasteiger charge is -2.24. The molecule has 2 aromatic rings. The predicted molar refractivity (Wildman–Crippen MR) is 117 cm³/mol. The number of aliphatic carboxylic acids is 1. The van der Waals surface area contributed by atoms with Crippen molar-refractivity contribution in [3.05, 3.63) is 47.1 Å². The monoisotopic (exact) mass is 431 g/mol. The number of hydrogen-bond donors (Lipinski definition) is 1. The molecule has 6 nitrogen and oxygen atoms in total. The molecule has 0 saturated carbocycles. The van der Waals surface area contributed by atoms with Crippen LogP contribution in [0, 0.1) is 5.92 Å². The van der Waals surface area contributed by atoms with Crippen LogP contribution in [0.4, 0.5) is 0 Å². The molecule has 1 fully saturated rings. The first-order chi connectivity index (χ1) is 13.8. The third kappa shape index (κ3) is 4.71. The van der Waals surface area contributed by atoms with E-state index in [4.69, 9.17) is 21.4 Å². The number of furan rings is 1. The number of hydrogen-bond acceptors (Lipinski definition) is 6. The zero-order valence-electron chi connectivity index (χ0n) is 16.2. The summed E-state index contributed by atoms with van der Waals surface area (Å²) in [6, 6.07) is 10.0. The number of methoxy groups -OCH3 is 1. The van der Waals surface area contributed by atoms with E-state index < -0.39 is 17.9 Å². The Morgan fingerprint density at radius 1 is 1.28 bits per heavy atom. The van der Waals surface area contributed by atoms with E-state index >= 15 is 0 Å². The molecule has 1 aliphatic rings. The normalized spacial score (nSPS) is 16.7. The number of ether oxygens (including phenoxy) is 1. The molecule has 1 amide bonds. The lowest BCUT2D eigenvalue weighted by atomic mass is 10.0. The molecule has 1 aromatic carbocycles. The third-order valence-corrected chi connectivity index (χ3v) is 5.72. The summed E-state index contributed by atoms with van der Waals surface area (Å²) in [7, 11) is 1.60. The van der Waals surface area contributed by atoms with Crippen molar-refractivity contribution in [3.8, 4) is 17.1 Å². The van der Waals surface area contributed by atoms with Gasteiger partial charge in [-0.05, 0) is 48.7 Å². The molecule has 0 radical (unpaired) electrons. The number of amides is 1. The topological polar surface area (TPSA) is 80.0 Å². The molecule has 2 heterocycles. The predicted octanol–water partition coefficient (Wildman–Crippen LogP) is 4.66. The number of nitrogens with zero attached hydrogens (tertiary/aromatic N) is 1. The summed E-state index contributed by atoms with van der Waals surface area (Å²) < 4.78 is 11.2. The molecule has 1 aliphatic heterocycles. The number of thiocarbonyl (C=S) groups is 1. The zero-order chi connectivity index (χ0) is 21.1. The number of carboxylic acids is 1. The van der Waals surface area contributed by atoms with Gasteiger partial charge in [-0.1, -0.05) is 37.8 Å². The molecule has 1 atom stereocenters. The Morgan fingerprint density at radius 2 is 1.97 bits per heavy atom. The first-order valence-electron chi connectivity index (χ1n) is 9.04. The van der Waals surface area contributed by atoms with Gasteiger partial charge < -0.3 is 14.3 Å². The molecule has 1 aromatic heterocycles. The van der Waals surface area contributed by atoms with Crippen LogP contribution in [0.3, 0.4) is 0 Å². The van der Waals surface area contributed by atoms with Crippen molar-refractivity contribution < 1.29 is 23.8 Å². The highest BCUT2D eigenvalue weighted by Crippen LogP contribution is 2.36. The minimum Gasteiger partial charge on any atom is -0.497 e. The maximum atomic E-state index is 12.8. The van der Waals surface area contributed by atoms with Crippen molar-refractivity contribution in [2.24, 2.45) is 5.92 Å². The number of carboxylic acid groups (broad SMARTS) is 1. The molecule has 0 aliphatic carbocycles. The summed E-state index contributed by atoms with van der Waals surface area (Å²) in [5.41, 5.74) is 0.876. The van der Waals surface area contributed by atoms with Crippen molar-refractivity contribution in [1.29, 1.82) is 0 Å². The fraction of sp³-hybridized carbons (Fsp3) is 0.286. The number of benzene rings is 1. The second-order valence-electron chi connectivity index (χ2n) is 6.97. The van der Waals surface area contributed by atoms with Gasteiger partial charge in [-0.3, -0.25) is 9.69 Å². The van der Waals surface area contributed by atoms with Gasteiger partial charge in [-0.15, -0.1) is 0 Å². The van der Waals surface area contributed by atoms with Crippen LogP contribution in [0.25, 0.3) is 17.4 Å². The molecule has 29 heavy (non-hydrogen) atoms. The van der Waals surface area contributed by atoms with Gasteiger partial charge in [-0.25, -0.2) is 4.79 Å². The largest absolute Gasteiger partial charge is 0.497 e. The van der Waals surface area contributed by atoms with Gasteiger partial charge in [0.15, 0.2) is 0 Å². The summed E-state index contributed by atoms with van der Waals surface area (Å²) in [6.45, 7) is 3.82. The van der Waals surface area contributed by atoms with Crippen LogP contribution in [0.2, 0.25) is 0 Å². The summed E-state index contributed by atoms with van der Waals surface area (Å²) in [4.78, 5) is 26.0. The molecule has 152 valence electrons. The van der Waals surface area contributed by atoms with Crippen molar-refractivity contribution >= 4 is 46.3 Å². The second kappa shape index (κ2) is 8.84. The molecule has 8 heteroatoms. The summed E-state index contributed by atoms with van der Waals surface area (Å²) in [6.07, 6.45) is 1.93. The summed E-state index contributed by atoms with van der Waals surface area (Å²) >= 11 is 6.37. The Morgan fingerprint density at radius 3 is 2.55 bits per heavy atom. The fourth-order valence-electron chi connectivity index (χ4n) is 2.98. The molecule has 0 unspecified atom stereocenters. The van der Waals surface area contributed by atoms with E-state index in [1.54, 1.807) is 19.3 Å². The molecule has 0 spiro atoms. The lowest BCUT2D eigenvalue weighted by Crippen LogP contribution is -2.44. The standard InChI is InChI=1S/C21H21NO5S2/c1-12(2)10-16(20(24)25)22-19(23)18(29-21(22)28)11-15-8-9-17(27-15)13-4-6-14(26-3)7-5-13/h4-9,11-12,16H,10H2,1-3H3,(H,24,25)/b18-11-/t16-/m1/s1. The van der Waals surface area contributed by atoms with Crippen LogP contribution < -0.4 is 4.74 Å². The van der Waals surface area contributed by atoms with Crippen molar-refractivity contribution in [2.75, 3.05) is 7.11 Å². The van der Waals surface area contributed by atoms with Crippen molar-refractivity contribution in [3.63, 3.8) is 0 Å². The van der Waals surface area contributed by atoms with E-state index in [9.17, 15) is 14.7 Å². The Kier molecular flexibility index (Phi) is 6.44. The zero-order valence-corrected chi connectivity index (χ0v) is 17.9. The first kappa shape index (κ1) is 21.1. The van der Waals surface area contributed by atoms with E-state index in [2.05, 4.69) is 0 Å². The SMILES string of the molecule is COc1ccc(-c2ccc(/C=C3\SC(=S)N([C@H](CC(C)C)C(=O)O)C3=O)o2)cc1. The minimum atomic E-state index is -1.06. The smallest absolute Gasteiger partial charge is 0.326 e. The molecule has 1 N–H and O–H groups in total. The van der Waals surface area contributed by atoms with Gasteiger partial charge in [0.1, 0.15) is 27.6 Å². The van der Waals surface area contributed by atoms with E-state index in [1.807, 2.05) is 44.2 Å². The van der Waals surface area contributed by atoms with Crippen LogP contribution in [-0.2, 0) is 9.59 Å². The molecular weight excluding hydrogens is 410 g/mol. The molecular formula is C21H21NO5S2. The Bertz CT molecular complexity index is 962. The maximum absolute atomic E-state index is 12.8. The highest BCUT2D eigenvalue weighted by atomic mass is 32.2. The number of carbonyl (C=O) groups is 2. The summed E-state index contributed by atoms with van der Waals surface area (Å²) in [5.74, 6) is 0.539. The van der Waals surface area contributed by atoms with Crippen LogP contribution in [0.1, 0.15) is 26.0 Å². The molecule has 3 rings (SSSR count). The third-order valence-electron chi connectivity index (χ3n) is 4.39. The number of carbonyl (C=O) groups excluding carboxylic acids is 1. The van der Waals surface area contributed by atoms with Gasteiger partial charge in [-0.2, -0.15) is 0 Å². The average Bonchev–Trinajstić information content (AvgIpc) is 3.25. The average molecular weight is 432 g/mol. The van der Waals surface area contributed by atoms with Crippen LogP contribution in [0.15, 0.2) is 45.7 Å². The van der Waals surface area contributed by atoms with Crippen LogP contribution in [0.5, 0.6) is 5.75 Å². The Balaban J connectivity index is 1.82. The van der Waals surface area contributed by atoms with Crippen LogP contribution in [-0.4, -0.2) is 39.4 Å². The van der Waals surface area contributed by atoms with E-state index in [0.717, 1.165) is 23.1 Å². The number of thioether (sulfide) groups is 1. The summed E-state index contributed by atoms with van der Waals surface area (Å²) in [5, 5.41) is 9.55. The Hall–Kier alpha value is -2.58. The van der Waals surface area contributed by atoms with Gasteiger partial charge in [0.2, 0.25) is 0 Å². The highest BCUT2D eigenvalue weighted by molar-refractivity contribution is 8.26. The van der Waals surface area contributed by atoms with Crippen molar-refractivity contribution in [1.82, 2.24) is 4.90 Å².